The third-order valence-electron chi connectivity index (χ3n) is 1.43. The number of carbonyl (C=O) groups is 1. The molecule has 0 aliphatic carbocycles. The van der Waals surface area contributed by atoms with Gasteiger partial charge in [-0.2, -0.15) is 0 Å². The molecule has 0 radical (unpaired) electrons. The van der Waals surface area contributed by atoms with Gasteiger partial charge in [0.15, 0.2) is 0 Å². The van der Waals surface area contributed by atoms with Crippen LogP contribution in [0.5, 0.6) is 0 Å². The molecule has 2 nitrogen and oxygen atoms in total. The number of hydrogen-bond donors (Lipinski definition) is 1. The minimum atomic E-state index is 0.330. The van der Waals surface area contributed by atoms with Crippen LogP contribution in [0.25, 0.3) is 0 Å². The average molecular weight is 143 g/mol. The van der Waals surface area contributed by atoms with Crippen molar-refractivity contribution in [1.29, 1.82) is 0 Å². The van der Waals surface area contributed by atoms with Gasteiger partial charge in [-0.05, 0) is 13.5 Å². The van der Waals surface area contributed by atoms with Crippen LogP contribution in [0, 0.1) is 0 Å². The first-order chi connectivity index (χ1) is 4.81. The molecule has 0 fully saturated rings. The van der Waals surface area contributed by atoms with Crippen LogP contribution in [0.2, 0.25) is 0 Å². The van der Waals surface area contributed by atoms with Gasteiger partial charge in [0.25, 0.3) is 0 Å². The molecule has 0 spiro atoms. The molecule has 0 aromatic heterocycles. The van der Waals surface area contributed by atoms with Crippen molar-refractivity contribution in [2.45, 2.75) is 32.6 Å². The summed E-state index contributed by atoms with van der Waals surface area (Å²) >= 11 is 0. The Morgan fingerprint density at radius 2 is 2.10 bits per heavy atom. The predicted molar refractivity (Wildman–Crippen MR) is 43.1 cm³/mol. The standard InChI is InChI=1S/C8H17NO/c1-3-4-5-6-8(10)7-9-2/h9H,3-7H2,1-2H3. The number of unbranched alkanes of at least 4 members (excludes halogenated alkanes) is 2. The molecule has 0 saturated heterocycles. The van der Waals surface area contributed by atoms with Crippen LogP contribution < -0.4 is 5.32 Å². The van der Waals surface area contributed by atoms with E-state index in [4.69, 9.17) is 0 Å². The molecule has 0 bridgehead atoms. The zero-order valence-electron chi connectivity index (χ0n) is 6.94. The topological polar surface area (TPSA) is 29.1 Å². The van der Waals surface area contributed by atoms with E-state index in [9.17, 15) is 4.79 Å². The van der Waals surface area contributed by atoms with Gasteiger partial charge in [-0.1, -0.05) is 19.8 Å². The van der Waals surface area contributed by atoms with Crippen molar-refractivity contribution in [3.63, 3.8) is 0 Å². The number of rotatable bonds is 6. The fourth-order valence-electron chi connectivity index (χ4n) is 0.858. The Labute approximate surface area is 63.0 Å². The molecule has 0 atom stereocenters. The van der Waals surface area contributed by atoms with Crippen molar-refractivity contribution in [2.24, 2.45) is 0 Å². The van der Waals surface area contributed by atoms with Crippen LogP contribution in [0.15, 0.2) is 0 Å². The number of nitrogens with one attached hydrogen (secondary N) is 1. The highest BCUT2D eigenvalue weighted by Gasteiger charge is 1.97. The highest BCUT2D eigenvalue weighted by Crippen LogP contribution is 1.98. The number of carbonyl (C=O) groups excluding carboxylic acids is 1. The number of ketones is 1. The van der Waals surface area contributed by atoms with Crippen LogP contribution in [-0.2, 0) is 4.79 Å². The molecule has 1 N–H and O–H groups in total. The van der Waals surface area contributed by atoms with E-state index in [0.29, 0.717) is 12.3 Å². The molecule has 0 aliphatic rings. The molecule has 0 heterocycles. The minimum absolute atomic E-state index is 0.330. The van der Waals surface area contributed by atoms with E-state index in [-0.39, 0.29) is 0 Å². The Bertz CT molecular complexity index is 91.3. The maximum atomic E-state index is 10.9. The summed E-state index contributed by atoms with van der Waals surface area (Å²) in [5, 5.41) is 2.84. The molecule has 60 valence electrons. The molecule has 0 aliphatic heterocycles. The van der Waals surface area contributed by atoms with Crippen molar-refractivity contribution in [3.8, 4) is 0 Å². The van der Waals surface area contributed by atoms with Crippen molar-refractivity contribution in [3.05, 3.63) is 0 Å². The van der Waals surface area contributed by atoms with E-state index in [1.165, 1.54) is 12.8 Å². The minimum Gasteiger partial charge on any atom is -0.313 e. The monoisotopic (exact) mass is 143 g/mol. The van der Waals surface area contributed by atoms with E-state index >= 15 is 0 Å². The van der Waals surface area contributed by atoms with Crippen LogP contribution in [-0.4, -0.2) is 19.4 Å². The second-order valence-electron chi connectivity index (χ2n) is 2.53. The van der Waals surface area contributed by atoms with E-state index in [1.807, 2.05) is 0 Å². The number of hydrogen-bond acceptors (Lipinski definition) is 2. The Balaban J connectivity index is 3.05. The maximum Gasteiger partial charge on any atom is 0.146 e. The lowest BCUT2D eigenvalue weighted by atomic mass is 10.1. The normalized spacial score (nSPS) is 9.80. The first kappa shape index (κ1) is 9.63. The van der Waals surface area contributed by atoms with Gasteiger partial charge in [0, 0.05) is 6.42 Å². The molecule has 0 rings (SSSR count). The molecule has 2 heteroatoms. The molecular formula is C8H17NO. The molecule has 10 heavy (non-hydrogen) atoms. The fourth-order valence-corrected chi connectivity index (χ4v) is 0.858. The number of Topliss-reactive ketones (excluding diaryl/α,β-unsaturated/α-hetero) is 1. The largest absolute Gasteiger partial charge is 0.313 e. The number of likely N-dealkylation sites (N-methyl/N-ethyl adjacent to an activating group) is 1. The SMILES string of the molecule is CCCCCC(=O)CNC. The van der Waals surface area contributed by atoms with Crippen molar-refractivity contribution >= 4 is 5.78 Å². The van der Waals surface area contributed by atoms with Crippen LogP contribution >= 0.6 is 0 Å². The Morgan fingerprint density at radius 3 is 2.60 bits per heavy atom. The van der Waals surface area contributed by atoms with Gasteiger partial charge in [-0.25, -0.2) is 0 Å². The fraction of sp³-hybridized carbons (Fsp3) is 0.875. The lowest BCUT2D eigenvalue weighted by Crippen LogP contribution is -2.17. The summed E-state index contributed by atoms with van der Waals surface area (Å²) in [6.07, 6.45) is 4.16. The molecule has 0 saturated carbocycles. The molecule has 0 unspecified atom stereocenters. The second-order valence-corrected chi connectivity index (χ2v) is 2.53. The smallest absolute Gasteiger partial charge is 0.146 e. The summed E-state index contributed by atoms with van der Waals surface area (Å²) < 4.78 is 0. The lowest BCUT2D eigenvalue weighted by Gasteiger charge is -1.97. The van der Waals surface area contributed by atoms with Gasteiger partial charge < -0.3 is 5.32 Å². The maximum absolute atomic E-state index is 10.9. The third-order valence-corrected chi connectivity index (χ3v) is 1.43. The van der Waals surface area contributed by atoms with Gasteiger partial charge in [0.2, 0.25) is 0 Å². The zero-order valence-corrected chi connectivity index (χ0v) is 6.94. The predicted octanol–water partition coefficient (Wildman–Crippen LogP) is 1.36. The summed E-state index contributed by atoms with van der Waals surface area (Å²) in [6, 6.07) is 0. The zero-order chi connectivity index (χ0) is 7.82. The second kappa shape index (κ2) is 6.75. The summed E-state index contributed by atoms with van der Waals surface area (Å²) in [7, 11) is 1.80. The molecule has 0 aromatic rings. The van der Waals surface area contributed by atoms with Gasteiger partial charge in [-0.15, -0.1) is 0 Å². The van der Waals surface area contributed by atoms with Crippen molar-refractivity contribution in [2.75, 3.05) is 13.6 Å². The summed E-state index contributed by atoms with van der Waals surface area (Å²) in [6.45, 7) is 2.67. The summed E-state index contributed by atoms with van der Waals surface area (Å²) in [4.78, 5) is 10.9. The van der Waals surface area contributed by atoms with Crippen molar-refractivity contribution in [1.82, 2.24) is 5.32 Å². The van der Waals surface area contributed by atoms with Crippen LogP contribution in [0.3, 0.4) is 0 Å². The molecular weight excluding hydrogens is 126 g/mol. The molecule has 0 amide bonds. The van der Waals surface area contributed by atoms with Gasteiger partial charge in [-0.3, -0.25) is 4.79 Å². The lowest BCUT2D eigenvalue weighted by molar-refractivity contribution is -0.118. The highest BCUT2D eigenvalue weighted by atomic mass is 16.1. The van der Waals surface area contributed by atoms with Crippen molar-refractivity contribution < 1.29 is 4.79 Å². The average Bonchev–Trinajstić information content (AvgIpc) is 1.89. The first-order valence-corrected chi connectivity index (χ1v) is 3.97. The molecule has 0 aromatic carbocycles. The van der Waals surface area contributed by atoms with Gasteiger partial charge in [0.05, 0.1) is 6.54 Å². The van der Waals surface area contributed by atoms with Crippen LogP contribution in [0.4, 0.5) is 0 Å². The van der Waals surface area contributed by atoms with Gasteiger partial charge >= 0.3 is 0 Å². The first-order valence-electron chi connectivity index (χ1n) is 3.97. The van der Waals surface area contributed by atoms with E-state index in [1.54, 1.807) is 7.05 Å². The Hall–Kier alpha value is -0.370. The third kappa shape index (κ3) is 5.76. The van der Waals surface area contributed by atoms with E-state index < -0.39 is 0 Å². The van der Waals surface area contributed by atoms with Gasteiger partial charge in [0.1, 0.15) is 5.78 Å². The van der Waals surface area contributed by atoms with E-state index in [2.05, 4.69) is 12.2 Å². The Morgan fingerprint density at radius 1 is 1.40 bits per heavy atom. The highest BCUT2D eigenvalue weighted by molar-refractivity contribution is 5.80. The summed E-state index contributed by atoms with van der Waals surface area (Å²) in [5.74, 6) is 0.330. The van der Waals surface area contributed by atoms with Crippen LogP contribution in [0.1, 0.15) is 32.6 Å². The Kier molecular flexibility index (Phi) is 6.50. The van der Waals surface area contributed by atoms with E-state index in [0.717, 1.165) is 12.8 Å². The quantitative estimate of drug-likeness (QED) is 0.569. The summed E-state index contributed by atoms with van der Waals surface area (Å²) in [5.41, 5.74) is 0.